The molecule has 39 heavy (non-hydrogen) atoms. The summed E-state index contributed by atoms with van der Waals surface area (Å²) in [4.78, 5) is 29.0. The third kappa shape index (κ3) is 12.7. The second-order valence-electron chi connectivity index (χ2n) is 7.48. The number of rotatable bonds is 7. The summed E-state index contributed by atoms with van der Waals surface area (Å²) in [5, 5.41) is 17.5. The number of morpholine rings is 1. The van der Waals surface area contributed by atoms with Gasteiger partial charge in [-0.05, 0) is 12.1 Å². The normalized spacial score (nSPS) is 15.7. The van der Waals surface area contributed by atoms with E-state index in [0.717, 1.165) is 5.82 Å². The third-order valence-corrected chi connectivity index (χ3v) is 4.64. The number of nitrogens with zero attached hydrogens (tertiary/aromatic N) is 3. The van der Waals surface area contributed by atoms with Crippen LogP contribution in [0.15, 0.2) is 36.5 Å². The Morgan fingerprint density at radius 1 is 1.10 bits per heavy atom. The van der Waals surface area contributed by atoms with Gasteiger partial charge in [0.25, 0.3) is 0 Å². The van der Waals surface area contributed by atoms with Crippen LogP contribution in [-0.4, -0.2) is 89.4 Å². The quantitative estimate of drug-likeness (QED) is 0.333. The summed E-state index contributed by atoms with van der Waals surface area (Å²) in [7, 11) is 1.66. The van der Waals surface area contributed by atoms with Crippen LogP contribution in [0.25, 0.3) is 0 Å². The van der Waals surface area contributed by atoms with Crippen molar-refractivity contribution in [3.63, 3.8) is 0 Å². The highest BCUT2D eigenvalue weighted by Crippen LogP contribution is 2.25. The maximum absolute atomic E-state index is 14.0. The summed E-state index contributed by atoms with van der Waals surface area (Å²) >= 11 is 0. The molecule has 2 heterocycles. The van der Waals surface area contributed by atoms with Crippen molar-refractivity contribution in [3.05, 3.63) is 53.7 Å². The molecule has 17 heteroatoms. The van der Waals surface area contributed by atoms with Gasteiger partial charge >= 0.3 is 24.3 Å². The second kappa shape index (κ2) is 15.7. The van der Waals surface area contributed by atoms with Crippen LogP contribution in [0.5, 0.6) is 0 Å². The summed E-state index contributed by atoms with van der Waals surface area (Å²) in [6.45, 7) is 3.61. The molecule has 3 rings (SSSR count). The monoisotopic (exact) mass is 574 g/mol. The molecule has 0 aliphatic carbocycles. The fraction of sp³-hybridized carbons (Fsp3) is 0.455. The number of hydrogen-bond acceptors (Lipinski definition) is 8. The Bertz CT molecular complexity index is 1030. The SMILES string of the molecule is COCCNc1ccnc(C2COCCN2Cc2ccccc2F)n1.O=C(O)C(F)(F)F.O=C(O)C(F)(F)F. The van der Waals surface area contributed by atoms with Crippen molar-refractivity contribution in [1.82, 2.24) is 14.9 Å². The number of nitrogens with one attached hydrogen (secondary N) is 1. The first-order valence-electron chi connectivity index (χ1n) is 10.9. The summed E-state index contributed by atoms with van der Waals surface area (Å²) in [6, 6.07) is 8.58. The van der Waals surface area contributed by atoms with Crippen molar-refractivity contribution in [2.24, 2.45) is 0 Å². The molecule has 1 saturated heterocycles. The molecule has 1 aliphatic heterocycles. The Balaban J connectivity index is 0.000000449. The Labute approximate surface area is 217 Å². The number of methoxy groups -OCH3 is 1. The zero-order chi connectivity index (χ0) is 29.6. The number of aliphatic carboxylic acids is 2. The number of ether oxygens (including phenoxy) is 2. The molecule has 1 aliphatic rings. The van der Waals surface area contributed by atoms with Crippen LogP contribution in [-0.2, 0) is 25.6 Å². The minimum atomic E-state index is -5.08. The summed E-state index contributed by atoms with van der Waals surface area (Å²) in [6.07, 6.45) is -8.44. The van der Waals surface area contributed by atoms with Crippen LogP contribution in [0.3, 0.4) is 0 Å². The predicted octanol–water partition coefficient (Wildman–Crippen LogP) is 3.51. The zero-order valence-corrected chi connectivity index (χ0v) is 20.3. The van der Waals surface area contributed by atoms with Crippen LogP contribution in [0, 0.1) is 5.82 Å². The first kappa shape index (κ1) is 33.5. The zero-order valence-electron chi connectivity index (χ0n) is 20.3. The van der Waals surface area contributed by atoms with Crippen LogP contribution in [0.2, 0.25) is 0 Å². The minimum absolute atomic E-state index is 0.0995. The van der Waals surface area contributed by atoms with E-state index in [4.69, 9.17) is 29.3 Å². The van der Waals surface area contributed by atoms with Gasteiger partial charge in [-0.25, -0.2) is 23.9 Å². The van der Waals surface area contributed by atoms with E-state index in [-0.39, 0.29) is 11.9 Å². The number of carbonyl (C=O) groups is 2. The van der Waals surface area contributed by atoms with Crippen LogP contribution >= 0.6 is 0 Å². The number of aromatic nitrogens is 2. The molecular formula is C22H25F7N4O6. The molecule has 10 nitrogen and oxygen atoms in total. The molecule has 0 amide bonds. The van der Waals surface area contributed by atoms with Crippen LogP contribution < -0.4 is 5.32 Å². The minimum Gasteiger partial charge on any atom is -0.475 e. The number of carboxylic acid groups (broad SMARTS) is 2. The fourth-order valence-corrected chi connectivity index (χ4v) is 2.82. The molecule has 1 unspecified atom stereocenters. The molecule has 1 aromatic heterocycles. The third-order valence-electron chi connectivity index (χ3n) is 4.64. The van der Waals surface area contributed by atoms with Crippen molar-refractivity contribution in [2.45, 2.75) is 24.9 Å². The summed E-state index contributed by atoms with van der Waals surface area (Å²) in [5.74, 6) is -4.28. The van der Waals surface area contributed by atoms with Crippen LogP contribution in [0.4, 0.5) is 36.6 Å². The van der Waals surface area contributed by atoms with Gasteiger partial charge in [-0.2, -0.15) is 26.3 Å². The van der Waals surface area contributed by atoms with Gasteiger partial charge in [0.2, 0.25) is 0 Å². The molecular weight excluding hydrogens is 549 g/mol. The maximum atomic E-state index is 14.0. The number of alkyl halides is 6. The van der Waals surface area contributed by atoms with Crippen LogP contribution in [0.1, 0.15) is 17.4 Å². The number of anilines is 1. The predicted molar refractivity (Wildman–Crippen MR) is 120 cm³/mol. The summed E-state index contributed by atoms with van der Waals surface area (Å²) < 4.78 is 88.1. The van der Waals surface area contributed by atoms with E-state index in [1.807, 2.05) is 18.2 Å². The highest BCUT2D eigenvalue weighted by atomic mass is 19.4. The van der Waals surface area contributed by atoms with E-state index < -0.39 is 24.3 Å². The molecule has 0 radical (unpaired) electrons. The first-order chi connectivity index (χ1) is 18.2. The molecule has 2 aromatic rings. The van der Waals surface area contributed by atoms with E-state index in [2.05, 4.69) is 20.2 Å². The smallest absolute Gasteiger partial charge is 0.475 e. The highest BCUT2D eigenvalue weighted by Gasteiger charge is 2.38. The van der Waals surface area contributed by atoms with Crippen molar-refractivity contribution >= 4 is 17.8 Å². The van der Waals surface area contributed by atoms with Gasteiger partial charge in [0.05, 0.1) is 25.9 Å². The molecule has 218 valence electrons. The average Bonchev–Trinajstić information content (AvgIpc) is 2.86. The Hall–Kier alpha value is -3.57. The van der Waals surface area contributed by atoms with E-state index in [0.29, 0.717) is 50.8 Å². The van der Waals surface area contributed by atoms with Gasteiger partial charge in [0.1, 0.15) is 17.5 Å². The van der Waals surface area contributed by atoms with E-state index >= 15 is 0 Å². The van der Waals surface area contributed by atoms with Gasteiger partial charge in [0.15, 0.2) is 0 Å². The number of benzene rings is 1. The van der Waals surface area contributed by atoms with Gasteiger partial charge in [0, 0.05) is 38.5 Å². The molecule has 1 aromatic carbocycles. The number of hydrogen-bond donors (Lipinski definition) is 3. The largest absolute Gasteiger partial charge is 0.490 e. The lowest BCUT2D eigenvalue weighted by molar-refractivity contribution is -0.193. The van der Waals surface area contributed by atoms with E-state index in [9.17, 15) is 30.7 Å². The van der Waals surface area contributed by atoms with Crippen molar-refractivity contribution in [3.8, 4) is 0 Å². The van der Waals surface area contributed by atoms with Gasteiger partial charge < -0.3 is 25.0 Å². The first-order valence-corrected chi connectivity index (χ1v) is 10.9. The fourth-order valence-electron chi connectivity index (χ4n) is 2.82. The average molecular weight is 574 g/mol. The molecule has 0 saturated carbocycles. The van der Waals surface area contributed by atoms with Crippen molar-refractivity contribution < 1.29 is 60.0 Å². The maximum Gasteiger partial charge on any atom is 0.490 e. The molecule has 0 bridgehead atoms. The van der Waals surface area contributed by atoms with Crippen molar-refractivity contribution in [2.75, 3.05) is 45.3 Å². The summed E-state index contributed by atoms with van der Waals surface area (Å²) in [5.41, 5.74) is 0.670. The molecule has 0 spiro atoms. The number of halogens is 7. The van der Waals surface area contributed by atoms with Gasteiger partial charge in [-0.15, -0.1) is 0 Å². The standard InChI is InChI=1S/C18H23FN4O2.2C2HF3O2/c1-24-10-8-20-17-6-7-21-18(22-17)16-13-25-11-9-23(16)12-14-4-2-3-5-15(14)19;2*3-2(4,5)1(6)7/h2-7,16H,8-13H2,1H3,(H,20,21,22);2*(H,6,7). The lowest BCUT2D eigenvalue weighted by atomic mass is 10.1. The van der Waals surface area contributed by atoms with E-state index in [1.165, 1.54) is 6.07 Å². The Morgan fingerprint density at radius 2 is 1.69 bits per heavy atom. The number of carboxylic acids is 2. The van der Waals surface area contributed by atoms with Gasteiger partial charge in [-0.3, -0.25) is 4.90 Å². The van der Waals surface area contributed by atoms with E-state index in [1.54, 1.807) is 19.4 Å². The molecule has 1 fully saturated rings. The lowest BCUT2D eigenvalue weighted by Crippen LogP contribution is -2.40. The Kier molecular flexibility index (Phi) is 13.5. The molecule has 1 atom stereocenters. The lowest BCUT2D eigenvalue weighted by Gasteiger charge is -2.34. The highest BCUT2D eigenvalue weighted by molar-refractivity contribution is 5.73. The second-order valence-corrected chi connectivity index (χ2v) is 7.48. The topological polar surface area (TPSA) is 134 Å². The Morgan fingerprint density at radius 3 is 2.23 bits per heavy atom. The van der Waals surface area contributed by atoms with Gasteiger partial charge in [-0.1, -0.05) is 18.2 Å². The molecule has 3 N–H and O–H groups in total. The van der Waals surface area contributed by atoms with Crippen molar-refractivity contribution in [1.29, 1.82) is 0 Å².